The lowest BCUT2D eigenvalue weighted by atomic mass is 9.90. The fourth-order valence-electron chi connectivity index (χ4n) is 2.76. The molecule has 4 heteroatoms. The van der Waals surface area contributed by atoms with Gasteiger partial charge >= 0.3 is 0 Å². The quantitative estimate of drug-likeness (QED) is 0.791. The molecule has 0 spiro atoms. The van der Waals surface area contributed by atoms with Gasteiger partial charge in [0, 0.05) is 11.3 Å². The lowest BCUT2D eigenvalue weighted by Crippen LogP contribution is -2.46. The number of carbonyl (C=O) groups excluding carboxylic acids is 1. The highest BCUT2D eigenvalue weighted by Crippen LogP contribution is 2.24. The third kappa shape index (κ3) is 3.58. The van der Waals surface area contributed by atoms with Gasteiger partial charge in [-0.1, -0.05) is 31.5 Å². The third-order valence-electron chi connectivity index (χ3n) is 4.07. The zero-order chi connectivity index (χ0) is 14.5. The second-order valence-electron chi connectivity index (χ2n) is 5.56. The first-order valence-electron chi connectivity index (χ1n) is 7.43. The van der Waals surface area contributed by atoms with Gasteiger partial charge in [-0.05, 0) is 38.3 Å². The van der Waals surface area contributed by atoms with Crippen molar-refractivity contribution in [3.63, 3.8) is 0 Å². The minimum Gasteiger partial charge on any atom is -0.389 e. The number of hydrogen-bond acceptors (Lipinski definition) is 3. The summed E-state index contributed by atoms with van der Waals surface area (Å²) in [5, 5.41) is 16.0. The van der Waals surface area contributed by atoms with E-state index in [1.165, 1.54) is 0 Å². The largest absolute Gasteiger partial charge is 0.389 e. The molecule has 1 amide bonds. The molecule has 1 aromatic rings. The predicted molar refractivity (Wildman–Crippen MR) is 80.5 cm³/mol. The van der Waals surface area contributed by atoms with Gasteiger partial charge in [0.1, 0.15) is 0 Å². The Morgan fingerprint density at radius 3 is 2.95 bits per heavy atom. The van der Waals surface area contributed by atoms with Crippen LogP contribution in [0.2, 0.25) is 0 Å². The predicted octanol–water partition coefficient (Wildman–Crippen LogP) is 2.46. The minimum atomic E-state index is -0.589. The van der Waals surface area contributed by atoms with Crippen molar-refractivity contribution in [2.45, 2.75) is 45.3 Å². The van der Waals surface area contributed by atoms with Gasteiger partial charge in [0.25, 0.3) is 0 Å². The Balaban J connectivity index is 2.04. The Bertz CT molecular complexity index is 460. The molecule has 3 unspecified atom stereocenters. The number of carbonyl (C=O) groups is 1. The number of anilines is 1. The van der Waals surface area contributed by atoms with Crippen molar-refractivity contribution in [3.05, 3.63) is 29.8 Å². The van der Waals surface area contributed by atoms with Crippen molar-refractivity contribution in [1.29, 1.82) is 0 Å². The standard InChI is InChI=1S/C16H24N2O2/c1-3-12-8-9-17-15(10-12)16(20)18-14-7-5-4-6-13(14)11(2)19/h4-7,11-12,15,17,19H,3,8-10H2,1-2H3,(H,18,20). The van der Waals surface area contributed by atoms with E-state index in [1.807, 2.05) is 24.3 Å². The lowest BCUT2D eigenvalue weighted by molar-refractivity contribution is -0.119. The molecule has 4 nitrogen and oxygen atoms in total. The summed E-state index contributed by atoms with van der Waals surface area (Å²) >= 11 is 0. The molecule has 1 aliphatic heterocycles. The minimum absolute atomic E-state index is 0.00347. The topological polar surface area (TPSA) is 61.4 Å². The molecule has 3 atom stereocenters. The van der Waals surface area contributed by atoms with E-state index in [9.17, 15) is 9.90 Å². The molecule has 3 N–H and O–H groups in total. The Hall–Kier alpha value is -1.39. The van der Waals surface area contributed by atoms with Gasteiger partial charge in [-0.3, -0.25) is 4.79 Å². The van der Waals surface area contributed by atoms with Crippen LogP contribution in [0.15, 0.2) is 24.3 Å². The number of nitrogens with one attached hydrogen (secondary N) is 2. The smallest absolute Gasteiger partial charge is 0.241 e. The Morgan fingerprint density at radius 2 is 2.25 bits per heavy atom. The van der Waals surface area contributed by atoms with Gasteiger partial charge in [0.2, 0.25) is 5.91 Å². The summed E-state index contributed by atoms with van der Waals surface area (Å²) < 4.78 is 0. The zero-order valence-electron chi connectivity index (χ0n) is 12.2. The van der Waals surface area contributed by atoms with Crippen molar-refractivity contribution in [3.8, 4) is 0 Å². The van der Waals surface area contributed by atoms with Gasteiger partial charge in [-0.25, -0.2) is 0 Å². The summed E-state index contributed by atoms with van der Waals surface area (Å²) in [6.45, 7) is 4.78. The summed E-state index contributed by atoms with van der Waals surface area (Å²) in [4.78, 5) is 12.3. The van der Waals surface area contributed by atoms with Crippen LogP contribution in [0.5, 0.6) is 0 Å². The number of benzene rings is 1. The maximum atomic E-state index is 12.3. The Kier molecular flexibility index (Phi) is 5.15. The molecule has 0 radical (unpaired) electrons. The lowest BCUT2D eigenvalue weighted by Gasteiger charge is -2.29. The van der Waals surface area contributed by atoms with Gasteiger partial charge in [0.05, 0.1) is 12.1 Å². The van der Waals surface area contributed by atoms with Crippen molar-refractivity contribution >= 4 is 11.6 Å². The molecule has 0 saturated carbocycles. The van der Waals surface area contributed by atoms with Gasteiger partial charge in [-0.15, -0.1) is 0 Å². The fraction of sp³-hybridized carbons (Fsp3) is 0.562. The highest BCUT2D eigenvalue weighted by atomic mass is 16.3. The van der Waals surface area contributed by atoms with Crippen molar-refractivity contribution in [1.82, 2.24) is 5.32 Å². The highest BCUT2D eigenvalue weighted by molar-refractivity contribution is 5.95. The van der Waals surface area contributed by atoms with E-state index < -0.39 is 6.10 Å². The number of hydrogen-bond donors (Lipinski definition) is 3. The monoisotopic (exact) mass is 276 g/mol. The average molecular weight is 276 g/mol. The fourth-order valence-corrected chi connectivity index (χ4v) is 2.76. The molecular formula is C16H24N2O2. The van der Waals surface area contributed by atoms with E-state index in [0.717, 1.165) is 31.4 Å². The zero-order valence-corrected chi connectivity index (χ0v) is 12.2. The molecule has 2 rings (SSSR count). The van der Waals surface area contributed by atoms with Gasteiger partial charge in [0.15, 0.2) is 0 Å². The Labute approximate surface area is 120 Å². The summed E-state index contributed by atoms with van der Waals surface area (Å²) in [6.07, 6.45) is 2.56. The van der Waals surface area contributed by atoms with Crippen LogP contribution in [0.4, 0.5) is 5.69 Å². The van der Waals surface area contributed by atoms with E-state index in [1.54, 1.807) is 6.92 Å². The molecule has 1 fully saturated rings. The molecule has 0 aliphatic carbocycles. The second-order valence-corrected chi connectivity index (χ2v) is 5.56. The first-order valence-corrected chi connectivity index (χ1v) is 7.43. The van der Waals surface area contributed by atoms with Crippen LogP contribution >= 0.6 is 0 Å². The molecule has 1 aromatic carbocycles. The molecule has 1 heterocycles. The van der Waals surface area contributed by atoms with Crippen LogP contribution in [0, 0.1) is 5.92 Å². The molecule has 0 aromatic heterocycles. The van der Waals surface area contributed by atoms with Crippen LogP contribution in [-0.2, 0) is 4.79 Å². The molecule has 1 aliphatic rings. The number of rotatable bonds is 4. The van der Waals surface area contributed by atoms with E-state index in [4.69, 9.17) is 0 Å². The summed E-state index contributed by atoms with van der Waals surface area (Å²) in [5.41, 5.74) is 1.46. The number of aliphatic hydroxyl groups is 1. The molecule has 110 valence electrons. The molecule has 0 bridgehead atoms. The van der Waals surface area contributed by atoms with Crippen molar-refractivity contribution in [2.75, 3.05) is 11.9 Å². The van der Waals surface area contributed by atoms with Crippen molar-refractivity contribution < 1.29 is 9.90 Å². The first-order chi connectivity index (χ1) is 9.61. The van der Waals surface area contributed by atoms with Crippen LogP contribution in [-0.4, -0.2) is 23.6 Å². The third-order valence-corrected chi connectivity index (χ3v) is 4.07. The van der Waals surface area contributed by atoms with Crippen LogP contribution < -0.4 is 10.6 Å². The van der Waals surface area contributed by atoms with Gasteiger partial charge in [-0.2, -0.15) is 0 Å². The van der Waals surface area contributed by atoms with Gasteiger partial charge < -0.3 is 15.7 Å². The second kappa shape index (κ2) is 6.86. The average Bonchev–Trinajstić information content (AvgIpc) is 2.47. The first kappa shape index (κ1) is 15.0. The molecule has 1 saturated heterocycles. The van der Waals surface area contributed by atoms with E-state index in [-0.39, 0.29) is 11.9 Å². The normalized spacial score (nSPS) is 24.1. The van der Waals surface area contributed by atoms with Crippen molar-refractivity contribution in [2.24, 2.45) is 5.92 Å². The number of amides is 1. The SMILES string of the molecule is CCC1CCNC(C(=O)Nc2ccccc2C(C)O)C1. The Morgan fingerprint density at radius 1 is 1.50 bits per heavy atom. The highest BCUT2D eigenvalue weighted by Gasteiger charge is 2.26. The van der Waals surface area contributed by atoms with E-state index in [0.29, 0.717) is 11.6 Å². The van der Waals surface area contributed by atoms with E-state index in [2.05, 4.69) is 17.6 Å². The van der Waals surface area contributed by atoms with Crippen LogP contribution in [0.25, 0.3) is 0 Å². The summed E-state index contributed by atoms with van der Waals surface area (Å²) in [7, 11) is 0. The molecular weight excluding hydrogens is 252 g/mol. The summed E-state index contributed by atoms with van der Waals surface area (Å²) in [5.74, 6) is 0.621. The maximum absolute atomic E-state index is 12.3. The van der Waals surface area contributed by atoms with Crippen LogP contribution in [0.3, 0.4) is 0 Å². The maximum Gasteiger partial charge on any atom is 0.241 e. The number of para-hydroxylation sites is 1. The van der Waals surface area contributed by atoms with Crippen LogP contribution in [0.1, 0.15) is 44.8 Å². The molecule has 20 heavy (non-hydrogen) atoms. The summed E-state index contributed by atoms with van der Waals surface area (Å²) in [6, 6.07) is 7.27. The van der Waals surface area contributed by atoms with E-state index >= 15 is 0 Å². The number of piperidine rings is 1. The number of aliphatic hydroxyl groups excluding tert-OH is 1.